The van der Waals surface area contributed by atoms with Crippen LogP contribution in [0.25, 0.3) is 0 Å². The number of rotatable bonds is 7. The molecule has 3 N–H and O–H groups in total. The third-order valence-corrected chi connectivity index (χ3v) is 4.49. The number of hydrogen-bond donors (Lipinski definition) is 2. The van der Waals surface area contributed by atoms with Crippen molar-refractivity contribution in [2.45, 2.75) is 18.0 Å². The van der Waals surface area contributed by atoms with Crippen LogP contribution >= 0.6 is 0 Å². The fourth-order valence-electron chi connectivity index (χ4n) is 2.39. The molecule has 0 aromatic heterocycles. The molecule has 0 radical (unpaired) electrons. The molecule has 26 heavy (non-hydrogen) atoms. The van der Waals surface area contributed by atoms with E-state index in [0.29, 0.717) is 12.1 Å². The molecule has 2 aromatic rings. The van der Waals surface area contributed by atoms with Crippen LogP contribution in [0.15, 0.2) is 41.3 Å². The molecule has 0 unspecified atom stereocenters. The molecule has 0 heterocycles. The first-order chi connectivity index (χ1) is 12.1. The predicted molar refractivity (Wildman–Crippen MR) is 95.6 cm³/mol. The van der Waals surface area contributed by atoms with Gasteiger partial charge < -0.3 is 10.2 Å². The molecule has 10 heteroatoms. The molecule has 0 atom stereocenters. The van der Waals surface area contributed by atoms with Crippen molar-refractivity contribution in [3.05, 3.63) is 63.5 Å². The van der Waals surface area contributed by atoms with Crippen LogP contribution in [0.1, 0.15) is 11.1 Å². The van der Waals surface area contributed by atoms with E-state index < -0.39 is 20.6 Å². The fraction of sp³-hybridized carbons (Fsp3) is 0.250. The Morgan fingerprint density at radius 3 is 2.50 bits per heavy atom. The van der Waals surface area contributed by atoms with Crippen molar-refractivity contribution in [3.8, 4) is 0 Å². The number of nitrogens with two attached hydrogens (primary N) is 1. The minimum atomic E-state index is -4.04. The van der Waals surface area contributed by atoms with Crippen LogP contribution in [0, 0.1) is 15.9 Å². The molecule has 0 aliphatic rings. The second-order valence-corrected chi connectivity index (χ2v) is 7.56. The zero-order valence-electron chi connectivity index (χ0n) is 14.3. The molecule has 0 saturated heterocycles. The lowest BCUT2D eigenvalue weighted by Crippen LogP contribution is -2.13. The molecular formula is C16H19FN4O4S. The summed E-state index contributed by atoms with van der Waals surface area (Å²) >= 11 is 0. The van der Waals surface area contributed by atoms with Gasteiger partial charge >= 0.3 is 0 Å². The zero-order chi connectivity index (χ0) is 19.5. The molecule has 0 aliphatic heterocycles. The number of halogens is 1. The standard InChI is InChI=1S/C16H19FN4O4S/c1-20(2)10-12-7-11(3-5-14(12)17)9-19-15-6-4-13(26(18,24)25)8-16(15)21(22)23/h3-8,19H,9-10H2,1-2H3,(H2,18,24,25). The highest BCUT2D eigenvalue weighted by atomic mass is 32.2. The second kappa shape index (κ2) is 7.77. The molecule has 140 valence electrons. The van der Waals surface area contributed by atoms with Gasteiger partial charge in [0.15, 0.2) is 0 Å². The number of sulfonamides is 1. The van der Waals surface area contributed by atoms with Gasteiger partial charge in [-0.05, 0) is 43.9 Å². The summed E-state index contributed by atoms with van der Waals surface area (Å²) in [5, 5.41) is 19.1. The summed E-state index contributed by atoms with van der Waals surface area (Å²) < 4.78 is 36.5. The average molecular weight is 382 g/mol. The highest BCUT2D eigenvalue weighted by Crippen LogP contribution is 2.27. The molecule has 2 rings (SSSR count). The topological polar surface area (TPSA) is 119 Å². The van der Waals surface area contributed by atoms with Crippen LogP contribution in [-0.4, -0.2) is 32.3 Å². The fourth-order valence-corrected chi connectivity index (χ4v) is 2.92. The van der Waals surface area contributed by atoms with Gasteiger partial charge in [-0.15, -0.1) is 0 Å². The monoisotopic (exact) mass is 382 g/mol. The minimum Gasteiger partial charge on any atom is -0.375 e. The first kappa shape index (κ1) is 19.8. The van der Waals surface area contributed by atoms with Crippen LogP contribution in [-0.2, 0) is 23.1 Å². The Hall–Kier alpha value is -2.56. The zero-order valence-corrected chi connectivity index (χ0v) is 15.1. The lowest BCUT2D eigenvalue weighted by molar-refractivity contribution is -0.384. The predicted octanol–water partition coefficient (Wildman–Crippen LogP) is 2.05. The van der Waals surface area contributed by atoms with Crippen molar-refractivity contribution >= 4 is 21.4 Å². The lowest BCUT2D eigenvalue weighted by atomic mass is 10.1. The summed E-state index contributed by atoms with van der Waals surface area (Å²) in [5.74, 6) is -0.328. The van der Waals surface area contributed by atoms with E-state index >= 15 is 0 Å². The Balaban J connectivity index is 2.25. The Labute approximate surface area is 150 Å². The van der Waals surface area contributed by atoms with Gasteiger partial charge in [-0.3, -0.25) is 10.1 Å². The van der Waals surface area contributed by atoms with Gasteiger partial charge in [-0.2, -0.15) is 0 Å². The Morgan fingerprint density at radius 2 is 1.92 bits per heavy atom. The van der Waals surface area contributed by atoms with Gasteiger partial charge in [0.1, 0.15) is 11.5 Å². The summed E-state index contributed by atoms with van der Waals surface area (Å²) in [6.07, 6.45) is 0. The Kier molecular flexibility index (Phi) is 5.90. The number of nitrogens with one attached hydrogen (secondary N) is 1. The first-order valence-corrected chi connectivity index (χ1v) is 9.09. The SMILES string of the molecule is CN(C)Cc1cc(CNc2ccc(S(N)(=O)=O)cc2[N+](=O)[O-])ccc1F. The molecule has 0 bridgehead atoms. The van der Waals surface area contributed by atoms with Gasteiger partial charge in [0, 0.05) is 24.7 Å². The quantitative estimate of drug-likeness (QED) is 0.559. The first-order valence-electron chi connectivity index (χ1n) is 7.55. The van der Waals surface area contributed by atoms with Crippen LogP contribution in [0.2, 0.25) is 0 Å². The van der Waals surface area contributed by atoms with Crippen LogP contribution in [0.5, 0.6) is 0 Å². The molecule has 0 amide bonds. The van der Waals surface area contributed by atoms with E-state index in [4.69, 9.17) is 5.14 Å². The van der Waals surface area contributed by atoms with Crippen LogP contribution in [0.4, 0.5) is 15.8 Å². The van der Waals surface area contributed by atoms with Crippen molar-refractivity contribution in [2.24, 2.45) is 5.14 Å². The number of hydrogen-bond acceptors (Lipinski definition) is 6. The smallest absolute Gasteiger partial charge is 0.293 e. The average Bonchev–Trinajstić information content (AvgIpc) is 2.54. The highest BCUT2D eigenvalue weighted by molar-refractivity contribution is 7.89. The van der Waals surface area contributed by atoms with Gasteiger partial charge in [-0.1, -0.05) is 6.07 Å². The van der Waals surface area contributed by atoms with Crippen molar-refractivity contribution in [1.82, 2.24) is 4.90 Å². The van der Waals surface area contributed by atoms with Gasteiger partial charge in [-0.25, -0.2) is 17.9 Å². The van der Waals surface area contributed by atoms with Crippen molar-refractivity contribution in [1.29, 1.82) is 0 Å². The number of benzene rings is 2. The molecule has 8 nitrogen and oxygen atoms in total. The summed E-state index contributed by atoms with van der Waals surface area (Å²) in [5.41, 5.74) is 0.967. The minimum absolute atomic E-state index is 0.140. The maximum atomic E-state index is 13.8. The van der Waals surface area contributed by atoms with Crippen molar-refractivity contribution in [3.63, 3.8) is 0 Å². The van der Waals surface area contributed by atoms with E-state index in [0.717, 1.165) is 11.6 Å². The molecule has 0 spiro atoms. The molecule has 2 aromatic carbocycles. The maximum absolute atomic E-state index is 13.8. The van der Waals surface area contributed by atoms with E-state index in [9.17, 15) is 22.9 Å². The van der Waals surface area contributed by atoms with E-state index in [1.54, 1.807) is 12.1 Å². The molecule has 0 aliphatic carbocycles. The van der Waals surface area contributed by atoms with Crippen LogP contribution in [0.3, 0.4) is 0 Å². The number of anilines is 1. The summed E-state index contributed by atoms with van der Waals surface area (Å²) in [7, 11) is -0.403. The largest absolute Gasteiger partial charge is 0.375 e. The Morgan fingerprint density at radius 1 is 1.23 bits per heavy atom. The summed E-state index contributed by atoms with van der Waals surface area (Å²) in [4.78, 5) is 12.0. The summed E-state index contributed by atoms with van der Waals surface area (Å²) in [6, 6.07) is 7.96. The molecule has 0 saturated carbocycles. The summed E-state index contributed by atoms with van der Waals surface area (Å²) in [6.45, 7) is 0.624. The van der Waals surface area contributed by atoms with Gasteiger partial charge in [0.25, 0.3) is 5.69 Å². The van der Waals surface area contributed by atoms with E-state index in [-0.39, 0.29) is 22.9 Å². The number of primary sulfonamides is 1. The third kappa shape index (κ3) is 4.97. The van der Waals surface area contributed by atoms with Crippen LogP contribution < -0.4 is 10.5 Å². The van der Waals surface area contributed by atoms with Gasteiger partial charge in [0.05, 0.1) is 9.82 Å². The van der Waals surface area contributed by atoms with Crippen molar-refractivity contribution < 1.29 is 17.7 Å². The number of nitrogens with zero attached hydrogens (tertiary/aromatic N) is 2. The normalized spacial score (nSPS) is 11.6. The second-order valence-electron chi connectivity index (χ2n) is 6.00. The van der Waals surface area contributed by atoms with E-state index in [1.807, 2.05) is 19.0 Å². The molecule has 0 fully saturated rings. The number of nitro benzene ring substituents is 1. The Bertz CT molecular complexity index is 932. The third-order valence-electron chi connectivity index (χ3n) is 3.57. The molecular weight excluding hydrogens is 363 g/mol. The highest BCUT2D eigenvalue weighted by Gasteiger charge is 2.19. The van der Waals surface area contributed by atoms with Gasteiger partial charge in [0.2, 0.25) is 10.0 Å². The maximum Gasteiger partial charge on any atom is 0.293 e. The van der Waals surface area contributed by atoms with Crippen molar-refractivity contribution in [2.75, 3.05) is 19.4 Å². The lowest BCUT2D eigenvalue weighted by Gasteiger charge is -2.13. The van der Waals surface area contributed by atoms with E-state index in [2.05, 4.69) is 5.32 Å². The number of nitro groups is 1. The van der Waals surface area contributed by atoms with E-state index in [1.165, 1.54) is 18.2 Å².